The molecule has 0 radical (unpaired) electrons. The Morgan fingerprint density at radius 1 is 1.65 bits per heavy atom. The van der Waals surface area contributed by atoms with Crippen molar-refractivity contribution < 1.29 is 9.90 Å². The second kappa shape index (κ2) is 5.31. The van der Waals surface area contributed by atoms with Crippen LogP contribution in [-0.4, -0.2) is 26.4 Å². The molecule has 1 aromatic rings. The first kappa shape index (κ1) is 13.7. The summed E-state index contributed by atoms with van der Waals surface area (Å²) in [5, 5.41) is 16.5. The van der Waals surface area contributed by atoms with Crippen LogP contribution in [0.2, 0.25) is 0 Å². The van der Waals surface area contributed by atoms with Crippen LogP contribution in [-0.2, 0) is 11.3 Å². The molecule has 0 fully saturated rings. The van der Waals surface area contributed by atoms with Gasteiger partial charge in [0.25, 0.3) is 0 Å². The fourth-order valence-electron chi connectivity index (χ4n) is 1.40. The number of hydrogen-bond acceptors (Lipinski definition) is 3. The van der Waals surface area contributed by atoms with Crippen molar-refractivity contribution in [2.45, 2.75) is 52.2 Å². The van der Waals surface area contributed by atoms with Gasteiger partial charge in [-0.25, -0.2) is 0 Å². The Hall–Kier alpha value is -1.36. The number of nitrogens with one attached hydrogen (secondary N) is 1. The molecule has 0 spiro atoms. The van der Waals surface area contributed by atoms with Gasteiger partial charge >= 0.3 is 5.97 Å². The van der Waals surface area contributed by atoms with Crippen LogP contribution in [0.25, 0.3) is 0 Å². The summed E-state index contributed by atoms with van der Waals surface area (Å²) in [5.74, 6) is -0.830. The predicted octanol–water partition coefficient (Wildman–Crippen LogP) is 1.81. The number of aliphatic carboxylic acids is 1. The van der Waals surface area contributed by atoms with Crippen LogP contribution in [0.4, 0.5) is 0 Å². The molecule has 1 heterocycles. The van der Waals surface area contributed by atoms with Crippen molar-refractivity contribution in [2.75, 3.05) is 0 Å². The van der Waals surface area contributed by atoms with E-state index in [-0.39, 0.29) is 0 Å². The highest BCUT2D eigenvalue weighted by molar-refractivity contribution is 5.78. The Morgan fingerprint density at radius 3 is 2.71 bits per heavy atom. The van der Waals surface area contributed by atoms with Gasteiger partial charge in [0, 0.05) is 18.8 Å². The maximum absolute atomic E-state index is 11.1. The van der Waals surface area contributed by atoms with Gasteiger partial charge in [-0.3, -0.25) is 14.8 Å². The lowest BCUT2D eigenvalue weighted by molar-refractivity contribution is -0.144. The molecular formula is C12H21N3O2. The summed E-state index contributed by atoms with van der Waals surface area (Å²) >= 11 is 0. The molecule has 0 aromatic carbocycles. The summed E-state index contributed by atoms with van der Waals surface area (Å²) in [6, 6.07) is 2.23. The van der Waals surface area contributed by atoms with Gasteiger partial charge < -0.3 is 5.11 Å². The molecule has 1 aromatic heterocycles. The molecule has 1 rings (SSSR count). The van der Waals surface area contributed by atoms with E-state index in [2.05, 4.69) is 24.3 Å². The quantitative estimate of drug-likeness (QED) is 0.794. The number of carbonyl (C=O) groups is 1. The molecular weight excluding hydrogens is 218 g/mol. The van der Waals surface area contributed by atoms with E-state index < -0.39 is 11.5 Å². The highest BCUT2D eigenvalue weighted by Gasteiger charge is 2.30. The Bertz CT molecular complexity index is 387. The molecule has 0 saturated heterocycles. The van der Waals surface area contributed by atoms with Crippen LogP contribution >= 0.6 is 0 Å². The lowest BCUT2D eigenvalue weighted by atomic mass is 9.99. The highest BCUT2D eigenvalue weighted by Crippen LogP contribution is 2.11. The van der Waals surface area contributed by atoms with Crippen molar-refractivity contribution in [3.05, 3.63) is 18.0 Å². The monoisotopic (exact) mass is 239 g/mol. The Kier molecular flexibility index (Phi) is 4.28. The lowest BCUT2D eigenvalue weighted by Gasteiger charge is -2.24. The van der Waals surface area contributed by atoms with E-state index in [1.165, 1.54) is 0 Å². The minimum Gasteiger partial charge on any atom is -0.480 e. The van der Waals surface area contributed by atoms with Gasteiger partial charge in [0.05, 0.1) is 5.69 Å². The van der Waals surface area contributed by atoms with Crippen molar-refractivity contribution in [2.24, 2.45) is 0 Å². The number of rotatable bonds is 6. The Labute approximate surface area is 102 Å². The van der Waals surface area contributed by atoms with Crippen LogP contribution in [0.3, 0.4) is 0 Å². The molecule has 0 aliphatic rings. The zero-order valence-corrected chi connectivity index (χ0v) is 10.9. The van der Waals surface area contributed by atoms with Crippen LogP contribution in [0, 0.1) is 0 Å². The summed E-state index contributed by atoms with van der Waals surface area (Å²) in [7, 11) is 0. The normalized spacial score (nSPS) is 14.9. The maximum atomic E-state index is 11.1. The SMILES string of the molecule is CCC(C)(NCc1ccn(C(C)C)n1)C(=O)O. The number of aromatic nitrogens is 2. The molecule has 17 heavy (non-hydrogen) atoms. The molecule has 1 unspecified atom stereocenters. The van der Waals surface area contributed by atoms with E-state index in [4.69, 9.17) is 5.11 Å². The van der Waals surface area contributed by atoms with Gasteiger partial charge in [-0.1, -0.05) is 6.92 Å². The van der Waals surface area contributed by atoms with E-state index in [0.29, 0.717) is 19.0 Å². The van der Waals surface area contributed by atoms with Crippen molar-refractivity contribution >= 4 is 5.97 Å². The molecule has 0 aliphatic carbocycles. The summed E-state index contributed by atoms with van der Waals surface area (Å²) < 4.78 is 1.86. The smallest absolute Gasteiger partial charge is 0.323 e. The van der Waals surface area contributed by atoms with Crippen LogP contribution in [0.15, 0.2) is 12.3 Å². The zero-order valence-electron chi connectivity index (χ0n) is 10.9. The molecule has 5 nitrogen and oxygen atoms in total. The number of nitrogens with zero attached hydrogens (tertiary/aromatic N) is 2. The van der Waals surface area contributed by atoms with E-state index in [9.17, 15) is 4.79 Å². The van der Waals surface area contributed by atoms with E-state index in [1.807, 2.05) is 23.9 Å². The van der Waals surface area contributed by atoms with Gasteiger partial charge in [-0.15, -0.1) is 0 Å². The second-order valence-electron chi connectivity index (χ2n) is 4.73. The third-order valence-corrected chi connectivity index (χ3v) is 3.03. The summed E-state index contributed by atoms with van der Waals surface area (Å²) in [5.41, 5.74) is -0.0265. The molecule has 0 saturated carbocycles. The van der Waals surface area contributed by atoms with Crippen LogP contribution in [0.1, 0.15) is 45.9 Å². The standard InChI is InChI=1S/C12H21N3O2/c1-5-12(4,11(16)17)13-8-10-6-7-15(14-10)9(2)3/h6-7,9,13H,5,8H2,1-4H3,(H,16,17). The average Bonchev–Trinajstić information content (AvgIpc) is 2.74. The van der Waals surface area contributed by atoms with Crippen molar-refractivity contribution in [1.82, 2.24) is 15.1 Å². The summed E-state index contributed by atoms with van der Waals surface area (Å²) in [6.07, 6.45) is 2.44. The number of carboxylic acid groups (broad SMARTS) is 1. The van der Waals surface area contributed by atoms with Gasteiger partial charge in [0.2, 0.25) is 0 Å². The first-order valence-electron chi connectivity index (χ1n) is 5.91. The van der Waals surface area contributed by atoms with E-state index in [1.54, 1.807) is 6.92 Å². The topological polar surface area (TPSA) is 67.2 Å². The van der Waals surface area contributed by atoms with E-state index >= 15 is 0 Å². The van der Waals surface area contributed by atoms with Gasteiger partial charge in [0.1, 0.15) is 5.54 Å². The molecule has 0 amide bonds. The molecule has 96 valence electrons. The van der Waals surface area contributed by atoms with Crippen molar-refractivity contribution in [1.29, 1.82) is 0 Å². The molecule has 0 bridgehead atoms. The van der Waals surface area contributed by atoms with Crippen molar-refractivity contribution in [3.8, 4) is 0 Å². The van der Waals surface area contributed by atoms with Gasteiger partial charge in [-0.05, 0) is 33.3 Å². The van der Waals surface area contributed by atoms with Gasteiger partial charge in [-0.2, -0.15) is 5.10 Å². The lowest BCUT2D eigenvalue weighted by Crippen LogP contribution is -2.48. The number of carboxylic acids is 1. The van der Waals surface area contributed by atoms with Crippen LogP contribution < -0.4 is 5.32 Å². The Morgan fingerprint density at radius 2 is 2.29 bits per heavy atom. The molecule has 0 aliphatic heterocycles. The first-order valence-corrected chi connectivity index (χ1v) is 5.91. The molecule has 5 heteroatoms. The largest absolute Gasteiger partial charge is 0.480 e. The predicted molar refractivity (Wildman–Crippen MR) is 65.8 cm³/mol. The summed E-state index contributed by atoms with van der Waals surface area (Å²) in [4.78, 5) is 11.1. The number of hydrogen-bond donors (Lipinski definition) is 2. The summed E-state index contributed by atoms with van der Waals surface area (Å²) in [6.45, 7) is 8.12. The Balaban J connectivity index is 2.63. The van der Waals surface area contributed by atoms with Crippen LogP contribution in [0.5, 0.6) is 0 Å². The van der Waals surface area contributed by atoms with Crippen molar-refractivity contribution in [3.63, 3.8) is 0 Å². The highest BCUT2D eigenvalue weighted by atomic mass is 16.4. The zero-order chi connectivity index (χ0) is 13.1. The average molecular weight is 239 g/mol. The minimum absolute atomic E-state index is 0.320. The minimum atomic E-state index is -0.887. The van der Waals surface area contributed by atoms with E-state index in [0.717, 1.165) is 5.69 Å². The third kappa shape index (κ3) is 3.30. The van der Waals surface area contributed by atoms with Gasteiger partial charge in [0.15, 0.2) is 0 Å². The fourth-order valence-corrected chi connectivity index (χ4v) is 1.40. The first-order chi connectivity index (χ1) is 7.89. The fraction of sp³-hybridized carbons (Fsp3) is 0.667. The third-order valence-electron chi connectivity index (χ3n) is 3.03. The maximum Gasteiger partial charge on any atom is 0.323 e. The second-order valence-corrected chi connectivity index (χ2v) is 4.73. The molecule has 1 atom stereocenters. The molecule has 2 N–H and O–H groups in total.